The van der Waals surface area contributed by atoms with E-state index in [-0.39, 0.29) is 38.9 Å². The van der Waals surface area contributed by atoms with Gasteiger partial charge in [0.1, 0.15) is 0 Å². The summed E-state index contributed by atoms with van der Waals surface area (Å²) in [5.41, 5.74) is 0.239. The Bertz CT molecular complexity index is 502. The Morgan fingerprint density at radius 2 is 1.29 bits per heavy atom. The minimum absolute atomic E-state index is 0.0247. The van der Waals surface area contributed by atoms with Crippen molar-refractivity contribution in [2.24, 2.45) is 38.4 Å². The molecule has 1 N–H and O–H groups in total. The average Bonchev–Trinajstić information content (AvgIpc) is 2.43. The quantitative estimate of drug-likeness (QED) is 0.758. The molecule has 4 unspecified atom stereocenters. The summed E-state index contributed by atoms with van der Waals surface area (Å²) in [6.45, 7) is 23.6. The zero-order valence-electron chi connectivity index (χ0n) is 15.6. The van der Waals surface area contributed by atoms with Crippen LogP contribution in [0.5, 0.6) is 0 Å². The molecule has 2 aliphatic rings. The summed E-state index contributed by atoms with van der Waals surface area (Å²) in [5, 5.41) is 9.55. The van der Waals surface area contributed by atoms with Crippen molar-refractivity contribution in [2.75, 3.05) is 0 Å². The highest BCUT2D eigenvalue weighted by atomic mass is 16.4. The number of rotatable bonds is 2. The molecular weight excluding hydrogens is 260 g/mol. The predicted molar refractivity (Wildman–Crippen MR) is 87.1 cm³/mol. The highest BCUT2D eigenvalue weighted by Crippen LogP contribution is 2.91. The molecule has 0 heterocycles. The van der Waals surface area contributed by atoms with Crippen LogP contribution in [0.3, 0.4) is 0 Å². The molecule has 2 rings (SSSR count). The highest BCUT2D eigenvalue weighted by Gasteiger charge is 2.86. The first kappa shape index (κ1) is 16.8. The maximum Gasteiger partial charge on any atom is 0.303 e. The molecule has 0 spiro atoms. The number of fused-ring (bicyclic) bond motifs is 2. The SMILES string of the molecule is CC1C(C)(CC(=O)O)C2(C)C(C)(C)C(C)(C)C1(C)C2(C)C. The first-order chi connectivity index (χ1) is 9.07. The van der Waals surface area contributed by atoms with E-state index >= 15 is 0 Å². The van der Waals surface area contributed by atoms with Crippen molar-refractivity contribution in [1.29, 1.82) is 0 Å². The molecular formula is C19H34O2. The summed E-state index contributed by atoms with van der Waals surface area (Å²) < 4.78 is 0. The Morgan fingerprint density at radius 1 is 0.857 bits per heavy atom. The number of hydrogen-bond acceptors (Lipinski definition) is 1. The Kier molecular flexibility index (Phi) is 2.95. The summed E-state index contributed by atoms with van der Waals surface area (Å²) in [5.74, 6) is -0.282. The van der Waals surface area contributed by atoms with Gasteiger partial charge in [0.15, 0.2) is 0 Å². The largest absolute Gasteiger partial charge is 0.481 e. The Labute approximate surface area is 130 Å². The zero-order chi connectivity index (χ0) is 16.9. The molecule has 4 atom stereocenters. The van der Waals surface area contributed by atoms with Gasteiger partial charge in [-0.25, -0.2) is 0 Å². The van der Waals surface area contributed by atoms with Crippen molar-refractivity contribution in [3.63, 3.8) is 0 Å². The van der Waals surface area contributed by atoms with Gasteiger partial charge in [-0.15, -0.1) is 0 Å². The fraction of sp³-hybridized carbons (Fsp3) is 0.947. The highest BCUT2D eigenvalue weighted by molar-refractivity contribution is 5.68. The van der Waals surface area contributed by atoms with E-state index in [0.29, 0.717) is 5.92 Å². The van der Waals surface area contributed by atoms with Crippen LogP contribution in [0.15, 0.2) is 0 Å². The molecule has 0 radical (unpaired) electrons. The molecule has 2 fully saturated rings. The number of carboxylic acid groups (broad SMARTS) is 1. The molecule has 2 bridgehead atoms. The molecule has 0 saturated heterocycles. The summed E-state index contributed by atoms with van der Waals surface area (Å²) in [4.78, 5) is 11.6. The lowest BCUT2D eigenvalue weighted by molar-refractivity contribution is -0.173. The van der Waals surface area contributed by atoms with E-state index in [4.69, 9.17) is 0 Å². The fourth-order valence-corrected chi connectivity index (χ4v) is 7.58. The van der Waals surface area contributed by atoms with Crippen LogP contribution in [0.25, 0.3) is 0 Å². The average molecular weight is 294 g/mol. The third kappa shape index (κ3) is 1.20. The van der Waals surface area contributed by atoms with Crippen molar-refractivity contribution in [2.45, 2.75) is 75.7 Å². The van der Waals surface area contributed by atoms with Gasteiger partial charge >= 0.3 is 5.97 Å². The van der Waals surface area contributed by atoms with Gasteiger partial charge in [0, 0.05) is 0 Å². The van der Waals surface area contributed by atoms with Gasteiger partial charge in [0.25, 0.3) is 0 Å². The number of hydrogen-bond donors (Lipinski definition) is 1. The van der Waals surface area contributed by atoms with Gasteiger partial charge in [-0.2, -0.15) is 0 Å². The normalized spacial score (nSPS) is 49.3. The maximum absolute atomic E-state index is 11.6. The van der Waals surface area contributed by atoms with Crippen LogP contribution >= 0.6 is 0 Å². The van der Waals surface area contributed by atoms with Crippen molar-refractivity contribution in [1.82, 2.24) is 0 Å². The molecule has 0 aromatic carbocycles. The van der Waals surface area contributed by atoms with Gasteiger partial charge < -0.3 is 5.11 Å². The van der Waals surface area contributed by atoms with E-state index in [1.54, 1.807) is 0 Å². The van der Waals surface area contributed by atoms with Gasteiger partial charge in [0.2, 0.25) is 0 Å². The first-order valence-electron chi connectivity index (χ1n) is 8.29. The first-order valence-corrected chi connectivity index (χ1v) is 8.29. The smallest absolute Gasteiger partial charge is 0.303 e. The molecule has 0 amide bonds. The molecule has 2 aliphatic carbocycles. The molecule has 0 aliphatic heterocycles. The zero-order valence-corrected chi connectivity index (χ0v) is 15.6. The lowest BCUT2D eigenvalue weighted by Crippen LogP contribution is -2.58. The number of carboxylic acids is 1. The third-order valence-electron chi connectivity index (χ3n) is 10.1. The van der Waals surface area contributed by atoms with Crippen molar-refractivity contribution in [3.8, 4) is 0 Å². The monoisotopic (exact) mass is 294 g/mol. The van der Waals surface area contributed by atoms with Crippen LogP contribution in [-0.2, 0) is 4.79 Å². The Morgan fingerprint density at radius 3 is 1.62 bits per heavy atom. The summed E-state index contributed by atoms with van der Waals surface area (Å²) in [6, 6.07) is 0. The lowest BCUT2D eigenvalue weighted by atomic mass is 9.40. The van der Waals surface area contributed by atoms with Gasteiger partial charge in [-0.3, -0.25) is 4.79 Å². The summed E-state index contributed by atoms with van der Waals surface area (Å²) in [6.07, 6.45) is 0.267. The third-order valence-corrected chi connectivity index (χ3v) is 10.1. The second kappa shape index (κ2) is 3.68. The molecule has 122 valence electrons. The van der Waals surface area contributed by atoms with Crippen LogP contribution in [0, 0.1) is 38.4 Å². The van der Waals surface area contributed by atoms with Gasteiger partial charge in [-0.1, -0.05) is 69.2 Å². The summed E-state index contributed by atoms with van der Waals surface area (Å²) in [7, 11) is 0. The van der Waals surface area contributed by atoms with Gasteiger partial charge in [0.05, 0.1) is 6.42 Å². The lowest BCUT2D eigenvalue weighted by Gasteiger charge is -2.63. The van der Waals surface area contributed by atoms with E-state index in [0.717, 1.165) is 0 Å². The predicted octanol–water partition coefficient (Wildman–Crippen LogP) is 5.22. The number of aliphatic carboxylic acids is 1. The molecule has 0 aromatic rings. The van der Waals surface area contributed by atoms with Gasteiger partial charge in [-0.05, 0) is 38.4 Å². The minimum atomic E-state index is -0.661. The molecule has 2 saturated carbocycles. The second-order valence-electron chi connectivity index (χ2n) is 9.91. The van der Waals surface area contributed by atoms with Crippen LogP contribution in [0.1, 0.15) is 75.7 Å². The topological polar surface area (TPSA) is 37.3 Å². The van der Waals surface area contributed by atoms with E-state index < -0.39 is 5.97 Å². The molecule has 21 heavy (non-hydrogen) atoms. The van der Waals surface area contributed by atoms with Crippen LogP contribution in [0.4, 0.5) is 0 Å². The van der Waals surface area contributed by atoms with Crippen molar-refractivity contribution >= 4 is 5.97 Å². The maximum atomic E-state index is 11.6. The van der Waals surface area contributed by atoms with E-state index in [2.05, 4.69) is 69.2 Å². The van der Waals surface area contributed by atoms with E-state index in [1.807, 2.05) is 0 Å². The van der Waals surface area contributed by atoms with Crippen LogP contribution in [0.2, 0.25) is 0 Å². The minimum Gasteiger partial charge on any atom is -0.481 e. The van der Waals surface area contributed by atoms with Crippen LogP contribution in [-0.4, -0.2) is 11.1 Å². The molecule has 0 aromatic heterocycles. The standard InChI is InChI=1S/C19H34O2/c1-12-17(8,11-13(20)21)19(10)15(4,5)14(2,3)18(12,9)16(19,6)7/h12H,11H2,1-10H3,(H,20,21). The van der Waals surface area contributed by atoms with Crippen molar-refractivity contribution in [3.05, 3.63) is 0 Å². The second-order valence-corrected chi connectivity index (χ2v) is 9.91. The fourth-order valence-electron chi connectivity index (χ4n) is 7.58. The van der Waals surface area contributed by atoms with E-state index in [9.17, 15) is 9.90 Å². The summed E-state index contributed by atoms with van der Waals surface area (Å²) >= 11 is 0. The molecule has 2 heteroatoms. The number of carbonyl (C=O) groups is 1. The Balaban J connectivity index is 2.85. The van der Waals surface area contributed by atoms with Crippen molar-refractivity contribution < 1.29 is 9.90 Å². The van der Waals surface area contributed by atoms with Crippen LogP contribution < -0.4 is 0 Å². The Hall–Kier alpha value is -0.530. The van der Waals surface area contributed by atoms with E-state index in [1.165, 1.54) is 0 Å². The molecule has 2 nitrogen and oxygen atoms in total.